The summed E-state index contributed by atoms with van der Waals surface area (Å²) in [5.74, 6) is 1.67. The molecule has 7 aromatic rings. The summed E-state index contributed by atoms with van der Waals surface area (Å²) < 4.78 is 23.8. The molecule has 0 fully saturated rings. The van der Waals surface area contributed by atoms with Crippen molar-refractivity contribution in [2.75, 3.05) is 0 Å². The monoisotopic (exact) mass is 639 g/mol. The van der Waals surface area contributed by atoms with Crippen molar-refractivity contribution in [3.8, 4) is 17.2 Å². The third kappa shape index (κ3) is 8.49. The average molecular weight is 640 g/mol. The molecule has 0 aliphatic carbocycles. The molecular formula is C36H33N9O3. The van der Waals surface area contributed by atoms with E-state index in [1.54, 1.807) is 14.0 Å². The average Bonchev–Trinajstić information content (AvgIpc) is 3.89. The molecule has 0 atom stereocenters. The summed E-state index contributed by atoms with van der Waals surface area (Å²) >= 11 is 0. The third-order valence-corrected chi connectivity index (χ3v) is 7.33. The first-order valence-electron chi connectivity index (χ1n) is 15.5. The maximum Gasteiger partial charge on any atom is 0.134 e. The molecule has 0 unspecified atom stereocenters. The maximum atomic E-state index is 6.14. The number of benzene rings is 4. The van der Waals surface area contributed by atoms with Gasteiger partial charge in [0.25, 0.3) is 0 Å². The number of rotatable bonds is 15. The van der Waals surface area contributed by atoms with Crippen LogP contribution in [0.4, 0.5) is 0 Å². The highest BCUT2D eigenvalue weighted by molar-refractivity contribution is 5.42. The second kappa shape index (κ2) is 14.9. The van der Waals surface area contributed by atoms with Crippen molar-refractivity contribution < 1.29 is 14.2 Å². The van der Waals surface area contributed by atoms with E-state index in [1.165, 1.54) is 0 Å². The minimum atomic E-state index is 0.222. The van der Waals surface area contributed by atoms with Crippen LogP contribution in [-0.2, 0) is 39.5 Å². The molecule has 0 bridgehead atoms. The molecule has 0 spiro atoms. The van der Waals surface area contributed by atoms with Crippen molar-refractivity contribution in [3.05, 3.63) is 162 Å². The number of hydrogen-bond donors (Lipinski definition) is 0. The summed E-state index contributed by atoms with van der Waals surface area (Å²) in [4.78, 5) is 0. The largest absolute Gasteiger partial charge is 0.487 e. The fourth-order valence-electron chi connectivity index (χ4n) is 5.02. The van der Waals surface area contributed by atoms with Gasteiger partial charge in [0.15, 0.2) is 0 Å². The molecule has 12 heteroatoms. The number of ether oxygens (including phenoxy) is 3. The van der Waals surface area contributed by atoms with Crippen molar-refractivity contribution in [2.24, 2.45) is 0 Å². The van der Waals surface area contributed by atoms with Gasteiger partial charge in [-0.25, -0.2) is 14.0 Å². The van der Waals surface area contributed by atoms with Crippen LogP contribution in [0.2, 0.25) is 0 Å². The van der Waals surface area contributed by atoms with E-state index in [1.807, 2.05) is 91.4 Å². The summed E-state index contributed by atoms with van der Waals surface area (Å²) in [6.07, 6.45) is 5.63. The van der Waals surface area contributed by atoms with Crippen LogP contribution in [0.25, 0.3) is 0 Å². The lowest BCUT2D eigenvalue weighted by atomic mass is 10.2. The van der Waals surface area contributed by atoms with E-state index < -0.39 is 0 Å². The maximum absolute atomic E-state index is 6.14. The zero-order valence-corrected chi connectivity index (χ0v) is 26.1. The molecule has 0 saturated heterocycles. The van der Waals surface area contributed by atoms with Crippen LogP contribution in [0.3, 0.4) is 0 Å². The molecule has 0 aliphatic heterocycles. The van der Waals surface area contributed by atoms with Crippen LogP contribution in [0.1, 0.15) is 33.8 Å². The van der Waals surface area contributed by atoms with Crippen molar-refractivity contribution in [2.45, 2.75) is 39.5 Å². The Kier molecular flexibility index (Phi) is 9.40. The smallest absolute Gasteiger partial charge is 0.134 e. The van der Waals surface area contributed by atoms with Gasteiger partial charge in [0, 0.05) is 18.2 Å². The summed E-state index contributed by atoms with van der Waals surface area (Å²) in [6, 6.07) is 35.8. The van der Waals surface area contributed by atoms with Crippen LogP contribution in [0.5, 0.6) is 17.2 Å². The van der Waals surface area contributed by atoms with Gasteiger partial charge in [-0.2, -0.15) is 0 Å². The quantitative estimate of drug-likeness (QED) is 0.146. The molecule has 0 aliphatic rings. The molecule has 0 saturated carbocycles. The summed E-state index contributed by atoms with van der Waals surface area (Å²) in [5, 5.41) is 25.6. The van der Waals surface area contributed by atoms with E-state index in [4.69, 9.17) is 14.2 Å². The lowest BCUT2D eigenvalue weighted by molar-refractivity contribution is 0.270. The SMILES string of the molecule is c1ccc(Cn2cc(COc3cc(OCc4cn(Cc5ccccc5)nn4)cc(OCc4cn(Cc5ccccc5)nn4)c3)nn2)cc1. The van der Waals surface area contributed by atoms with Crippen molar-refractivity contribution in [1.82, 2.24) is 45.0 Å². The van der Waals surface area contributed by atoms with Crippen LogP contribution < -0.4 is 14.2 Å². The first-order chi connectivity index (χ1) is 23.7. The van der Waals surface area contributed by atoms with Gasteiger partial charge in [-0.15, -0.1) is 15.3 Å². The zero-order valence-electron chi connectivity index (χ0n) is 26.1. The van der Waals surface area contributed by atoms with Crippen LogP contribution in [-0.4, -0.2) is 45.0 Å². The van der Waals surface area contributed by atoms with Crippen LogP contribution in [0.15, 0.2) is 128 Å². The highest BCUT2D eigenvalue weighted by atomic mass is 16.5. The summed E-state index contributed by atoms with van der Waals surface area (Å²) in [5.41, 5.74) is 5.52. The predicted octanol–water partition coefficient (Wildman–Crippen LogP) is 5.34. The fraction of sp³-hybridized carbons (Fsp3) is 0.167. The standard InChI is InChI=1S/C36H33N9O3/c1-4-10-28(11-5-1)19-43-22-31(37-40-43)25-46-34-16-35(47-26-32-23-44(41-38-32)20-29-12-6-2-7-13-29)18-36(17-34)48-27-33-24-45(42-39-33)21-30-14-8-3-9-15-30/h1-18,22-24H,19-21,25-27H2. The first-order valence-corrected chi connectivity index (χ1v) is 15.5. The van der Waals surface area contributed by atoms with E-state index in [0.29, 0.717) is 54.0 Å². The minimum Gasteiger partial charge on any atom is -0.487 e. The second-order valence-electron chi connectivity index (χ2n) is 11.2. The zero-order chi connectivity index (χ0) is 32.4. The summed E-state index contributed by atoms with van der Waals surface area (Å²) in [7, 11) is 0. The second-order valence-corrected chi connectivity index (χ2v) is 11.2. The van der Waals surface area contributed by atoms with Crippen molar-refractivity contribution in [1.29, 1.82) is 0 Å². The summed E-state index contributed by atoms with van der Waals surface area (Å²) in [6.45, 7) is 2.54. The third-order valence-electron chi connectivity index (χ3n) is 7.33. The van der Waals surface area contributed by atoms with E-state index in [0.717, 1.165) is 16.7 Å². The number of nitrogens with zero attached hydrogens (tertiary/aromatic N) is 9. The van der Waals surface area contributed by atoms with E-state index in [2.05, 4.69) is 67.3 Å². The Morgan fingerprint density at radius 1 is 0.396 bits per heavy atom. The van der Waals surface area contributed by atoms with E-state index in [-0.39, 0.29) is 19.8 Å². The fourth-order valence-corrected chi connectivity index (χ4v) is 5.02. The Bertz CT molecular complexity index is 1780. The number of hydrogen-bond acceptors (Lipinski definition) is 9. The van der Waals surface area contributed by atoms with Crippen molar-refractivity contribution in [3.63, 3.8) is 0 Å². The molecule has 0 N–H and O–H groups in total. The van der Waals surface area contributed by atoms with Gasteiger partial charge in [-0.05, 0) is 16.7 Å². The highest BCUT2D eigenvalue weighted by Crippen LogP contribution is 2.29. The lowest BCUT2D eigenvalue weighted by Crippen LogP contribution is -2.01. The van der Waals surface area contributed by atoms with Crippen molar-refractivity contribution >= 4 is 0 Å². The molecule has 4 aromatic carbocycles. The van der Waals surface area contributed by atoms with Gasteiger partial charge in [0.2, 0.25) is 0 Å². The Morgan fingerprint density at radius 3 is 0.979 bits per heavy atom. The van der Waals surface area contributed by atoms with Gasteiger partial charge >= 0.3 is 0 Å². The van der Waals surface area contributed by atoms with Gasteiger partial charge in [-0.3, -0.25) is 0 Å². The van der Waals surface area contributed by atoms with E-state index >= 15 is 0 Å². The Labute approximate surface area is 277 Å². The normalized spacial score (nSPS) is 11.0. The molecule has 3 heterocycles. The van der Waals surface area contributed by atoms with Gasteiger partial charge in [0.1, 0.15) is 54.2 Å². The Hall–Kier alpha value is -6.30. The van der Waals surface area contributed by atoms with Gasteiger partial charge in [-0.1, -0.05) is 107 Å². The molecule has 0 radical (unpaired) electrons. The van der Waals surface area contributed by atoms with Gasteiger partial charge in [0.05, 0.1) is 38.2 Å². The molecular weight excluding hydrogens is 606 g/mol. The Balaban J connectivity index is 1.02. The molecule has 3 aromatic heterocycles. The first kappa shape index (κ1) is 30.4. The minimum absolute atomic E-state index is 0.222. The molecule has 0 amide bonds. The topological polar surface area (TPSA) is 120 Å². The van der Waals surface area contributed by atoms with Crippen LogP contribution in [0, 0.1) is 0 Å². The molecule has 48 heavy (non-hydrogen) atoms. The lowest BCUT2D eigenvalue weighted by Gasteiger charge is -2.12. The number of aromatic nitrogens is 9. The van der Waals surface area contributed by atoms with Crippen LogP contribution >= 0.6 is 0 Å². The Morgan fingerprint density at radius 2 is 0.688 bits per heavy atom. The highest BCUT2D eigenvalue weighted by Gasteiger charge is 2.11. The molecule has 12 nitrogen and oxygen atoms in total. The molecule has 240 valence electrons. The predicted molar refractivity (Wildman–Crippen MR) is 176 cm³/mol. The van der Waals surface area contributed by atoms with Gasteiger partial charge < -0.3 is 14.2 Å². The molecule has 7 rings (SSSR count). The van der Waals surface area contributed by atoms with E-state index in [9.17, 15) is 0 Å².